The molecular weight excluding hydrogens is 140 g/mol. The second kappa shape index (κ2) is 2.20. The van der Waals surface area contributed by atoms with Crippen LogP contribution in [0.3, 0.4) is 0 Å². The summed E-state index contributed by atoms with van der Waals surface area (Å²) in [6, 6.07) is 5.39. The van der Waals surface area contributed by atoms with E-state index in [1.165, 1.54) is 0 Å². The standard InChI is InChI=1S/C8H5N2O/c11-5-7-3-1-2-6-4-9-10-8(6)7/h1-4H,(H,9,10). The Balaban J connectivity index is 2.88. The maximum atomic E-state index is 10.3. The normalized spacial score (nSPS) is 10.2. The molecule has 0 bridgehead atoms. The molecule has 0 aliphatic rings. The molecule has 1 radical (unpaired) electrons. The molecule has 2 aromatic rings. The van der Waals surface area contributed by atoms with Crippen molar-refractivity contribution in [3.63, 3.8) is 0 Å². The van der Waals surface area contributed by atoms with Gasteiger partial charge in [-0.2, -0.15) is 5.10 Å². The number of benzene rings is 1. The Morgan fingerprint density at radius 1 is 1.45 bits per heavy atom. The van der Waals surface area contributed by atoms with Gasteiger partial charge in [0.15, 0.2) is 0 Å². The van der Waals surface area contributed by atoms with Gasteiger partial charge in [0.05, 0.1) is 17.3 Å². The first-order valence-corrected chi connectivity index (χ1v) is 3.22. The van der Waals surface area contributed by atoms with Crippen LogP contribution in [0.4, 0.5) is 0 Å². The largest absolute Gasteiger partial charge is 0.285 e. The van der Waals surface area contributed by atoms with Crippen molar-refractivity contribution in [1.29, 1.82) is 0 Å². The van der Waals surface area contributed by atoms with Crippen LogP contribution in [0.5, 0.6) is 0 Å². The first kappa shape index (κ1) is 6.09. The summed E-state index contributed by atoms with van der Waals surface area (Å²) in [5, 5.41) is 7.47. The highest BCUT2D eigenvalue weighted by Crippen LogP contribution is 2.12. The Bertz CT molecular complexity index is 392. The van der Waals surface area contributed by atoms with E-state index in [9.17, 15) is 4.79 Å². The van der Waals surface area contributed by atoms with E-state index in [1.54, 1.807) is 18.3 Å². The Morgan fingerprint density at radius 3 is 3.18 bits per heavy atom. The molecule has 2 rings (SSSR count). The molecule has 3 nitrogen and oxygen atoms in total. The van der Waals surface area contributed by atoms with Crippen LogP contribution in [0.15, 0.2) is 24.4 Å². The zero-order valence-corrected chi connectivity index (χ0v) is 5.66. The zero-order valence-electron chi connectivity index (χ0n) is 5.66. The molecular formula is C8H5N2O. The average molecular weight is 145 g/mol. The maximum absolute atomic E-state index is 10.3. The summed E-state index contributed by atoms with van der Waals surface area (Å²) in [7, 11) is 0. The van der Waals surface area contributed by atoms with Crippen molar-refractivity contribution in [1.82, 2.24) is 10.2 Å². The molecule has 0 aliphatic carbocycles. The number of nitrogens with zero attached hydrogens (tertiary/aromatic N) is 1. The predicted octanol–water partition coefficient (Wildman–Crippen LogP) is 1.02. The quantitative estimate of drug-likeness (QED) is 0.651. The third-order valence-corrected chi connectivity index (χ3v) is 1.59. The highest BCUT2D eigenvalue weighted by Gasteiger charge is 1.99. The monoisotopic (exact) mass is 145 g/mol. The van der Waals surface area contributed by atoms with Gasteiger partial charge in [-0.3, -0.25) is 9.89 Å². The van der Waals surface area contributed by atoms with Gasteiger partial charge in [-0.1, -0.05) is 12.1 Å². The molecule has 53 valence electrons. The smallest absolute Gasteiger partial charge is 0.235 e. The summed E-state index contributed by atoms with van der Waals surface area (Å²) in [5.41, 5.74) is 1.28. The molecule has 0 amide bonds. The minimum absolute atomic E-state index is 0.528. The first-order valence-electron chi connectivity index (χ1n) is 3.22. The van der Waals surface area contributed by atoms with Crippen molar-refractivity contribution in [2.45, 2.75) is 0 Å². The molecule has 0 saturated carbocycles. The minimum atomic E-state index is 0.528. The van der Waals surface area contributed by atoms with Gasteiger partial charge in [0.2, 0.25) is 6.29 Å². The van der Waals surface area contributed by atoms with Crippen LogP contribution >= 0.6 is 0 Å². The van der Waals surface area contributed by atoms with Gasteiger partial charge >= 0.3 is 0 Å². The van der Waals surface area contributed by atoms with Crippen LogP contribution in [0.1, 0.15) is 5.56 Å². The summed E-state index contributed by atoms with van der Waals surface area (Å²) < 4.78 is 0. The lowest BCUT2D eigenvalue weighted by Gasteiger charge is -1.89. The number of rotatable bonds is 1. The molecule has 0 spiro atoms. The Hall–Kier alpha value is -1.64. The summed E-state index contributed by atoms with van der Waals surface area (Å²) in [4.78, 5) is 10.3. The summed E-state index contributed by atoms with van der Waals surface area (Å²) in [6.45, 7) is 0. The average Bonchev–Trinajstić information content (AvgIpc) is 2.50. The maximum Gasteiger partial charge on any atom is 0.235 e. The molecule has 0 saturated heterocycles. The van der Waals surface area contributed by atoms with Gasteiger partial charge in [-0.05, 0) is 6.07 Å². The van der Waals surface area contributed by atoms with Crippen LogP contribution < -0.4 is 0 Å². The predicted molar refractivity (Wildman–Crippen MR) is 40.9 cm³/mol. The summed E-state index contributed by atoms with van der Waals surface area (Å²) >= 11 is 0. The highest BCUT2D eigenvalue weighted by molar-refractivity contribution is 5.95. The zero-order chi connectivity index (χ0) is 7.68. The van der Waals surface area contributed by atoms with Crippen LogP contribution in [0.2, 0.25) is 0 Å². The van der Waals surface area contributed by atoms with E-state index in [4.69, 9.17) is 0 Å². The van der Waals surface area contributed by atoms with Gasteiger partial charge in [0.1, 0.15) is 0 Å². The second-order valence-electron chi connectivity index (χ2n) is 2.24. The topological polar surface area (TPSA) is 45.8 Å². The van der Waals surface area contributed by atoms with E-state index >= 15 is 0 Å². The number of H-pyrrole nitrogens is 1. The minimum Gasteiger partial charge on any atom is -0.285 e. The van der Waals surface area contributed by atoms with Gasteiger partial charge < -0.3 is 0 Å². The molecule has 3 heteroatoms. The van der Waals surface area contributed by atoms with Gasteiger partial charge in [-0.15, -0.1) is 0 Å². The van der Waals surface area contributed by atoms with E-state index in [2.05, 4.69) is 10.2 Å². The third-order valence-electron chi connectivity index (χ3n) is 1.59. The van der Waals surface area contributed by atoms with Crippen molar-refractivity contribution in [3.05, 3.63) is 30.0 Å². The lowest BCUT2D eigenvalue weighted by atomic mass is 10.2. The SMILES string of the molecule is O=[C]c1cccc2cn[nH]c12. The lowest BCUT2D eigenvalue weighted by Crippen LogP contribution is -1.81. The van der Waals surface area contributed by atoms with Crippen molar-refractivity contribution < 1.29 is 4.79 Å². The van der Waals surface area contributed by atoms with E-state index in [0.29, 0.717) is 5.56 Å². The van der Waals surface area contributed by atoms with Gasteiger partial charge in [0.25, 0.3) is 0 Å². The Kier molecular flexibility index (Phi) is 1.22. The fourth-order valence-corrected chi connectivity index (χ4v) is 1.05. The van der Waals surface area contributed by atoms with Crippen molar-refractivity contribution in [2.24, 2.45) is 0 Å². The Labute approximate surface area is 63.0 Å². The van der Waals surface area contributed by atoms with Crippen molar-refractivity contribution in [2.75, 3.05) is 0 Å². The van der Waals surface area contributed by atoms with E-state index in [1.807, 2.05) is 12.4 Å². The molecule has 0 atom stereocenters. The van der Waals surface area contributed by atoms with E-state index in [-0.39, 0.29) is 0 Å². The summed E-state index contributed by atoms with van der Waals surface area (Å²) in [5.74, 6) is 0. The molecule has 0 fully saturated rings. The van der Waals surface area contributed by atoms with Gasteiger partial charge in [0, 0.05) is 5.39 Å². The van der Waals surface area contributed by atoms with Crippen LogP contribution in [0, 0.1) is 0 Å². The van der Waals surface area contributed by atoms with Crippen LogP contribution in [0.25, 0.3) is 10.9 Å². The first-order chi connectivity index (χ1) is 5.42. The number of nitrogens with one attached hydrogen (secondary N) is 1. The number of fused-ring (bicyclic) bond motifs is 1. The molecule has 0 aliphatic heterocycles. The lowest BCUT2D eigenvalue weighted by molar-refractivity contribution is 0.563. The molecule has 1 heterocycles. The second-order valence-corrected chi connectivity index (χ2v) is 2.24. The molecule has 11 heavy (non-hydrogen) atoms. The van der Waals surface area contributed by atoms with Crippen LogP contribution in [-0.4, -0.2) is 16.5 Å². The summed E-state index contributed by atoms with van der Waals surface area (Å²) in [6.07, 6.45) is 3.51. The fraction of sp³-hybridized carbons (Fsp3) is 0. The molecule has 1 N–H and O–H groups in total. The molecule has 1 aromatic heterocycles. The van der Waals surface area contributed by atoms with Crippen molar-refractivity contribution >= 4 is 17.2 Å². The highest BCUT2D eigenvalue weighted by atomic mass is 16.1. The van der Waals surface area contributed by atoms with E-state index < -0.39 is 0 Å². The molecule has 1 aromatic carbocycles. The van der Waals surface area contributed by atoms with Crippen molar-refractivity contribution in [3.8, 4) is 0 Å². The number of aromatic nitrogens is 2. The number of aromatic amines is 1. The third kappa shape index (κ3) is 0.816. The Morgan fingerprint density at radius 2 is 2.36 bits per heavy atom. The number of hydrogen-bond donors (Lipinski definition) is 1. The number of para-hydroxylation sites is 1. The number of hydrogen-bond acceptors (Lipinski definition) is 2. The fourth-order valence-electron chi connectivity index (χ4n) is 1.05. The van der Waals surface area contributed by atoms with E-state index in [0.717, 1.165) is 10.9 Å². The number of carbonyl (C=O) groups excluding carboxylic acids is 1. The molecule has 0 unspecified atom stereocenters. The van der Waals surface area contributed by atoms with Crippen LogP contribution in [-0.2, 0) is 4.79 Å². The van der Waals surface area contributed by atoms with Gasteiger partial charge in [-0.25, -0.2) is 0 Å².